The molecule has 0 saturated carbocycles. The van der Waals surface area contributed by atoms with E-state index < -0.39 is 0 Å². The van der Waals surface area contributed by atoms with Gasteiger partial charge in [-0.2, -0.15) is 0 Å². The van der Waals surface area contributed by atoms with Crippen LogP contribution in [0.15, 0.2) is 17.5 Å². The van der Waals surface area contributed by atoms with Crippen LogP contribution in [0.4, 0.5) is 0 Å². The van der Waals surface area contributed by atoms with Crippen LogP contribution < -0.4 is 5.32 Å². The Kier molecular flexibility index (Phi) is 5.01. The molecule has 1 aromatic rings. The van der Waals surface area contributed by atoms with E-state index >= 15 is 0 Å². The maximum absolute atomic E-state index is 3.57. The molecule has 1 saturated heterocycles. The Morgan fingerprint density at radius 3 is 3.12 bits per heavy atom. The Labute approximate surface area is 109 Å². The molecule has 1 N–H and O–H groups in total. The minimum atomic E-state index is 0.562. The van der Waals surface area contributed by atoms with E-state index in [-0.39, 0.29) is 0 Å². The third-order valence-electron chi connectivity index (χ3n) is 3.84. The highest BCUT2D eigenvalue weighted by Gasteiger charge is 2.15. The fourth-order valence-corrected chi connectivity index (χ4v) is 3.38. The maximum Gasteiger partial charge on any atom is 0.0410 e. The van der Waals surface area contributed by atoms with Gasteiger partial charge in [0.05, 0.1) is 0 Å². The van der Waals surface area contributed by atoms with Gasteiger partial charge in [0.25, 0.3) is 0 Å². The van der Waals surface area contributed by atoms with Gasteiger partial charge in [-0.25, -0.2) is 0 Å². The molecule has 0 radical (unpaired) electrons. The summed E-state index contributed by atoms with van der Waals surface area (Å²) in [5.41, 5.74) is 0. The molecule has 1 aliphatic heterocycles. The second-order valence-electron chi connectivity index (χ2n) is 5.11. The van der Waals surface area contributed by atoms with E-state index in [1.807, 2.05) is 11.3 Å². The predicted octanol–water partition coefficient (Wildman–Crippen LogP) is 3.27. The second kappa shape index (κ2) is 6.53. The highest BCUT2D eigenvalue weighted by atomic mass is 32.1. The maximum atomic E-state index is 3.57. The Morgan fingerprint density at radius 1 is 1.59 bits per heavy atom. The number of nitrogens with zero attached hydrogens (tertiary/aromatic N) is 1. The molecule has 0 amide bonds. The Balaban J connectivity index is 1.67. The van der Waals surface area contributed by atoms with Crippen LogP contribution in [0.3, 0.4) is 0 Å². The van der Waals surface area contributed by atoms with Gasteiger partial charge < -0.3 is 5.32 Å². The van der Waals surface area contributed by atoms with Crippen LogP contribution in [0.1, 0.15) is 43.5 Å². The van der Waals surface area contributed by atoms with Gasteiger partial charge in [-0.15, -0.1) is 11.3 Å². The molecule has 0 spiro atoms. The van der Waals surface area contributed by atoms with Crippen molar-refractivity contribution in [3.8, 4) is 0 Å². The van der Waals surface area contributed by atoms with Gasteiger partial charge >= 0.3 is 0 Å². The van der Waals surface area contributed by atoms with E-state index in [9.17, 15) is 0 Å². The molecule has 2 rings (SSSR count). The molecule has 3 heteroatoms. The molecule has 2 unspecified atom stereocenters. The number of hydrogen-bond donors (Lipinski definition) is 1. The van der Waals surface area contributed by atoms with Gasteiger partial charge in [0.1, 0.15) is 0 Å². The van der Waals surface area contributed by atoms with Crippen LogP contribution in [0.5, 0.6) is 0 Å². The molecule has 2 nitrogen and oxygen atoms in total. The standard InChI is InChI=1S/C14H24N2S/c1-12(14-8-5-11-17-14)16(2)10-4-7-13-6-3-9-15-13/h5,8,11-13,15H,3-4,6-7,9-10H2,1-2H3. The molecule has 0 aromatic carbocycles. The summed E-state index contributed by atoms with van der Waals surface area (Å²) in [6.45, 7) is 4.74. The average molecular weight is 252 g/mol. The third kappa shape index (κ3) is 3.80. The van der Waals surface area contributed by atoms with Crippen molar-refractivity contribution in [1.82, 2.24) is 10.2 Å². The van der Waals surface area contributed by atoms with E-state index in [0.29, 0.717) is 6.04 Å². The number of nitrogens with one attached hydrogen (secondary N) is 1. The molecular weight excluding hydrogens is 228 g/mol. The number of rotatable bonds is 6. The van der Waals surface area contributed by atoms with Crippen molar-refractivity contribution in [2.75, 3.05) is 20.1 Å². The summed E-state index contributed by atoms with van der Waals surface area (Å²) in [4.78, 5) is 3.95. The minimum absolute atomic E-state index is 0.562. The Hall–Kier alpha value is -0.380. The van der Waals surface area contributed by atoms with Gasteiger partial charge in [0.15, 0.2) is 0 Å². The lowest BCUT2D eigenvalue weighted by molar-refractivity contribution is 0.255. The first-order valence-electron chi connectivity index (χ1n) is 6.74. The lowest BCUT2D eigenvalue weighted by Gasteiger charge is -2.24. The van der Waals surface area contributed by atoms with Crippen LogP contribution in [-0.2, 0) is 0 Å². The van der Waals surface area contributed by atoms with Crippen LogP contribution in [0.2, 0.25) is 0 Å². The van der Waals surface area contributed by atoms with E-state index in [1.54, 1.807) is 0 Å². The Bertz CT molecular complexity index is 304. The molecule has 0 bridgehead atoms. The quantitative estimate of drug-likeness (QED) is 0.836. The molecule has 1 aromatic heterocycles. The largest absolute Gasteiger partial charge is 0.314 e. The van der Waals surface area contributed by atoms with Crippen molar-refractivity contribution < 1.29 is 0 Å². The zero-order chi connectivity index (χ0) is 12.1. The first-order chi connectivity index (χ1) is 8.27. The van der Waals surface area contributed by atoms with Gasteiger partial charge in [0.2, 0.25) is 0 Å². The highest BCUT2D eigenvalue weighted by Crippen LogP contribution is 2.23. The van der Waals surface area contributed by atoms with E-state index in [2.05, 4.69) is 41.7 Å². The molecule has 1 aliphatic rings. The first kappa shape index (κ1) is 13.1. The summed E-state index contributed by atoms with van der Waals surface area (Å²) in [5.74, 6) is 0. The van der Waals surface area contributed by atoms with Gasteiger partial charge in [-0.1, -0.05) is 6.07 Å². The molecule has 2 atom stereocenters. The first-order valence-corrected chi connectivity index (χ1v) is 7.62. The van der Waals surface area contributed by atoms with Crippen molar-refractivity contribution in [2.45, 2.75) is 44.7 Å². The molecule has 96 valence electrons. The van der Waals surface area contributed by atoms with Crippen LogP contribution in [0.25, 0.3) is 0 Å². The lowest BCUT2D eigenvalue weighted by Crippen LogP contribution is -2.26. The Morgan fingerprint density at radius 2 is 2.47 bits per heavy atom. The lowest BCUT2D eigenvalue weighted by atomic mass is 10.1. The van der Waals surface area contributed by atoms with Crippen LogP contribution in [-0.4, -0.2) is 31.1 Å². The van der Waals surface area contributed by atoms with Crippen LogP contribution >= 0.6 is 11.3 Å². The van der Waals surface area contributed by atoms with E-state index in [0.717, 1.165) is 6.04 Å². The van der Waals surface area contributed by atoms with Crippen molar-refractivity contribution >= 4 is 11.3 Å². The fourth-order valence-electron chi connectivity index (χ4n) is 2.53. The number of thiophene rings is 1. The molecule has 1 fully saturated rings. The van der Waals surface area contributed by atoms with E-state index in [1.165, 1.54) is 43.6 Å². The van der Waals surface area contributed by atoms with E-state index in [4.69, 9.17) is 0 Å². The minimum Gasteiger partial charge on any atom is -0.314 e. The topological polar surface area (TPSA) is 15.3 Å². The van der Waals surface area contributed by atoms with Crippen LogP contribution in [0, 0.1) is 0 Å². The molecule has 0 aliphatic carbocycles. The third-order valence-corrected chi connectivity index (χ3v) is 4.88. The normalized spacial score (nSPS) is 22.2. The van der Waals surface area contributed by atoms with Gasteiger partial charge in [-0.3, -0.25) is 4.90 Å². The van der Waals surface area contributed by atoms with Crippen molar-refractivity contribution in [2.24, 2.45) is 0 Å². The second-order valence-corrected chi connectivity index (χ2v) is 6.09. The predicted molar refractivity (Wildman–Crippen MR) is 75.6 cm³/mol. The highest BCUT2D eigenvalue weighted by molar-refractivity contribution is 7.10. The average Bonchev–Trinajstić information content (AvgIpc) is 3.00. The summed E-state index contributed by atoms with van der Waals surface area (Å²) in [6.07, 6.45) is 5.39. The summed E-state index contributed by atoms with van der Waals surface area (Å²) in [5, 5.41) is 5.74. The molecule has 2 heterocycles. The SMILES string of the molecule is CC(c1cccs1)N(C)CCCC1CCCN1. The fraction of sp³-hybridized carbons (Fsp3) is 0.714. The van der Waals surface area contributed by atoms with Crippen molar-refractivity contribution in [1.29, 1.82) is 0 Å². The summed E-state index contributed by atoms with van der Waals surface area (Å²) in [7, 11) is 2.24. The zero-order valence-electron chi connectivity index (χ0n) is 11.0. The monoisotopic (exact) mass is 252 g/mol. The van der Waals surface area contributed by atoms with Gasteiger partial charge in [0, 0.05) is 17.0 Å². The molecular formula is C14H24N2S. The summed E-state index contributed by atoms with van der Waals surface area (Å²) < 4.78 is 0. The summed E-state index contributed by atoms with van der Waals surface area (Å²) >= 11 is 1.86. The van der Waals surface area contributed by atoms with Gasteiger partial charge in [-0.05, 0) is 64.2 Å². The van der Waals surface area contributed by atoms with Crippen molar-refractivity contribution in [3.05, 3.63) is 22.4 Å². The smallest absolute Gasteiger partial charge is 0.0410 e. The zero-order valence-corrected chi connectivity index (χ0v) is 11.8. The van der Waals surface area contributed by atoms with Crippen molar-refractivity contribution in [3.63, 3.8) is 0 Å². The molecule has 17 heavy (non-hydrogen) atoms. The summed E-state index contributed by atoms with van der Waals surface area (Å²) in [6, 6.07) is 5.74. The number of hydrogen-bond acceptors (Lipinski definition) is 3.